The maximum Gasteiger partial charge on any atom is 0.217 e. The van der Waals surface area contributed by atoms with Crippen molar-refractivity contribution < 1.29 is 4.79 Å². The average Bonchev–Trinajstić information content (AvgIpc) is 3.37. The van der Waals surface area contributed by atoms with Crippen LogP contribution in [0.3, 0.4) is 0 Å². The SMILES string of the molecule is CN=C(NCC1(c2ccccc2)CC1)N1CCCC(CC(N)=O)C1.I. The fourth-order valence-corrected chi connectivity index (χ4v) is 3.80. The van der Waals surface area contributed by atoms with Crippen molar-refractivity contribution >= 4 is 35.8 Å². The number of piperidine rings is 1. The summed E-state index contributed by atoms with van der Waals surface area (Å²) in [6.07, 6.45) is 5.09. The van der Waals surface area contributed by atoms with E-state index in [0.29, 0.717) is 12.3 Å². The van der Waals surface area contributed by atoms with Gasteiger partial charge in [-0.1, -0.05) is 30.3 Å². The molecule has 2 fully saturated rings. The molecule has 1 atom stereocenters. The molecule has 1 saturated carbocycles. The molecule has 1 amide bonds. The molecule has 0 bridgehead atoms. The molecular weight excluding hydrogens is 427 g/mol. The third-order valence-electron chi connectivity index (χ3n) is 5.34. The highest BCUT2D eigenvalue weighted by molar-refractivity contribution is 14.0. The van der Waals surface area contributed by atoms with E-state index in [1.807, 2.05) is 7.05 Å². The first-order chi connectivity index (χ1) is 11.6. The first-order valence-electron chi connectivity index (χ1n) is 8.92. The van der Waals surface area contributed by atoms with Gasteiger partial charge in [-0.15, -0.1) is 24.0 Å². The van der Waals surface area contributed by atoms with Crippen LogP contribution in [-0.2, 0) is 10.2 Å². The van der Waals surface area contributed by atoms with Gasteiger partial charge in [-0.3, -0.25) is 9.79 Å². The Morgan fingerprint density at radius 2 is 2.08 bits per heavy atom. The molecule has 3 N–H and O–H groups in total. The van der Waals surface area contributed by atoms with E-state index < -0.39 is 0 Å². The highest BCUT2D eigenvalue weighted by atomic mass is 127. The van der Waals surface area contributed by atoms with Crippen molar-refractivity contribution in [2.24, 2.45) is 16.6 Å². The van der Waals surface area contributed by atoms with Gasteiger partial charge in [0.1, 0.15) is 0 Å². The minimum absolute atomic E-state index is 0. The fourth-order valence-electron chi connectivity index (χ4n) is 3.80. The van der Waals surface area contributed by atoms with Gasteiger partial charge in [0.2, 0.25) is 5.91 Å². The number of aliphatic imine (C=N–C) groups is 1. The zero-order chi connectivity index (χ0) is 17.0. The molecule has 1 aliphatic heterocycles. The van der Waals surface area contributed by atoms with Gasteiger partial charge in [0.25, 0.3) is 0 Å². The number of halogens is 1. The molecule has 138 valence electrons. The van der Waals surface area contributed by atoms with Crippen molar-refractivity contribution in [2.75, 3.05) is 26.7 Å². The Bertz CT molecular complexity index is 601. The van der Waals surface area contributed by atoms with Crippen molar-refractivity contribution in [3.05, 3.63) is 35.9 Å². The summed E-state index contributed by atoms with van der Waals surface area (Å²) in [5.74, 6) is 1.09. The summed E-state index contributed by atoms with van der Waals surface area (Å²) >= 11 is 0. The van der Waals surface area contributed by atoms with Crippen LogP contribution in [0.25, 0.3) is 0 Å². The van der Waals surface area contributed by atoms with Crippen molar-refractivity contribution in [1.82, 2.24) is 10.2 Å². The Balaban J connectivity index is 0.00000225. The van der Waals surface area contributed by atoms with Crippen LogP contribution in [0, 0.1) is 5.92 Å². The monoisotopic (exact) mass is 456 g/mol. The Morgan fingerprint density at radius 3 is 2.68 bits per heavy atom. The van der Waals surface area contributed by atoms with E-state index >= 15 is 0 Å². The second-order valence-corrected chi connectivity index (χ2v) is 7.17. The van der Waals surface area contributed by atoms with E-state index in [1.54, 1.807) is 0 Å². The lowest BCUT2D eigenvalue weighted by Gasteiger charge is -2.35. The fraction of sp³-hybridized carbons (Fsp3) is 0.579. The van der Waals surface area contributed by atoms with Gasteiger partial charge in [0.15, 0.2) is 5.96 Å². The maximum absolute atomic E-state index is 11.2. The average molecular weight is 456 g/mol. The summed E-state index contributed by atoms with van der Waals surface area (Å²) in [5.41, 5.74) is 7.04. The largest absolute Gasteiger partial charge is 0.370 e. The molecule has 1 unspecified atom stereocenters. The first-order valence-corrected chi connectivity index (χ1v) is 8.92. The number of carbonyl (C=O) groups excluding carboxylic acids is 1. The van der Waals surface area contributed by atoms with Crippen LogP contribution in [0.15, 0.2) is 35.3 Å². The predicted molar refractivity (Wildman–Crippen MR) is 112 cm³/mol. The zero-order valence-corrected chi connectivity index (χ0v) is 17.2. The molecule has 1 saturated heterocycles. The Labute approximate surface area is 167 Å². The van der Waals surface area contributed by atoms with Crippen LogP contribution in [0.5, 0.6) is 0 Å². The van der Waals surface area contributed by atoms with Gasteiger partial charge in [-0.25, -0.2) is 0 Å². The number of rotatable bonds is 5. The quantitative estimate of drug-likeness (QED) is 0.407. The molecule has 0 radical (unpaired) electrons. The van der Waals surface area contributed by atoms with Gasteiger partial charge in [-0.2, -0.15) is 0 Å². The number of carbonyl (C=O) groups is 1. The van der Waals surface area contributed by atoms with E-state index in [2.05, 4.69) is 45.5 Å². The predicted octanol–water partition coefficient (Wildman–Crippen LogP) is 2.50. The number of likely N-dealkylation sites (tertiary alicyclic amines) is 1. The van der Waals surface area contributed by atoms with Crippen molar-refractivity contribution in [3.8, 4) is 0 Å². The third-order valence-corrected chi connectivity index (χ3v) is 5.34. The number of guanidine groups is 1. The summed E-state index contributed by atoms with van der Waals surface area (Å²) < 4.78 is 0. The van der Waals surface area contributed by atoms with E-state index in [0.717, 1.165) is 38.4 Å². The molecule has 2 aliphatic rings. The molecule has 6 heteroatoms. The molecule has 5 nitrogen and oxygen atoms in total. The van der Waals surface area contributed by atoms with E-state index in [1.165, 1.54) is 18.4 Å². The van der Waals surface area contributed by atoms with E-state index in [4.69, 9.17) is 5.73 Å². The zero-order valence-electron chi connectivity index (χ0n) is 14.9. The van der Waals surface area contributed by atoms with Gasteiger partial charge in [0, 0.05) is 38.5 Å². The van der Waals surface area contributed by atoms with Crippen LogP contribution in [0.4, 0.5) is 0 Å². The molecule has 3 rings (SSSR count). The molecule has 0 spiro atoms. The number of nitrogens with zero attached hydrogens (tertiary/aromatic N) is 2. The third kappa shape index (κ3) is 5.09. The molecule has 0 aromatic heterocycles. The molecule has 25 heavy (non-hydrogen) atoms. The van der Waals surface area contributed by atoms with E-state index in [-0.39, 0.29) is 35.3 Å². The smallest absolute Gasteiger partial charge is 0.217 e. The van der Waals surface area contributed by atoms with Crippen molar-refractivity contribution in [2.45, 2.75) is 37.5 Å². The summed E-state index contributed by atoms with van der Waals surface area (Å²) in [6, 6.07) is 10.7. The summed E-state index contributed by atoms with van der Waals surface area (Å²) in [4.78, 5) is 17.9. The van der Waals surface area contributed by atoms with Gasteiger partial charge < -0.3 is 16.0 Å². The minimum atomic E-state index is -0.203. The normalized spacial score (nSPS) is 22.0. The van der Waals surface area contributed by atoms with Crippen molar-refractivity contribution in [1.29, 1.82) is 0 Å². The standard InChI is InChI=1S/C19H28N4O.HI/c1-21-18(23-11-5-6-15(13-23)12-17(20)24)22-14-19(9-10-19)16-7-3-2-4-8-16;/h2-4,7-8,15H,5-6,9-14H2,1H3,(H2,20,24)(H,21,22);1H. The number of hydrogen-bond acceptors (Lipinski definition) is 2. The van der Waals surface area contributed by atoms with Crippen molar-refractivity contribution in [3.63, 3.8) is 0 Å². The summed E-state index contributed by atoms with van der Waals surface area (Å²) in [7, 11) is 1.84. The maximum atomic E-state index is 11.2. The topological polar surface area (TPSA) is 70.7 Å². The second kappa shape index (κ2) is 8.87. The van der Waals surface area contributed by atoms with Crippen LogP contribution in [0.1, 0.15) is 37.7 Å². The van der Waals surface area contributed by atoms with Crippen LogP contribution in [-0.4, -0.2) is 43.4 Å². The highest BCUT2D eigenvalue weighted by Crippen LogP contribution is 2.47. The molecular formula is C19H29IN4O. The van der Waals surface area contributed by atoms with Crippen LogP contribution in [0.2, 0.25) is 0 Å². The lowest BCUT2D eigenvalue weighted by molar-refractivity contribution is -0.119. The Kier molecular flexibility index (Phi) is 7.10. The van der Waals surface area contributed by atoms with Gasteiger partial charge in [0.05, 0.1) is 0 Å². The van der Waals surface area contributed by atoms with Crippen LogP contribution >= 0.6 is 24.0 Å². The number of hydrogen-bond donors (Lipinski definition) is 2. The van der Waals surface area contributed by atoms with E-state index in [9.17, 15) is 4.79 Å². The minimum Gasteiger partial charge on any atom is -0.370 e. The number of amides is 1. The number of benzene rings is 1. The molecule has 1 aromatic rings. The Hall–Kier alpha value is -1.31. The highest BCUT2D eigenvalue weighted by Gasteiger charge is 2.44. The molecule has 1 aliphatic carbocycles. The first kappa shape index (κ1) is 20.0. The number of primary amides is 1. The molecule has 1 heterocycles. The number of nitrogens with two attached hydrogens (primary N) is 1. The second-order valence-electron chi connectivity index (χ2n) is 7.17. The van der Waals surface area contributed by atoms with Crippen LogP contribution < -0.4 is 11.1 Å². The lowest BCUT2D eigenvalue weighted by atomic mass is 9.94. The molecule has 1 aromatic carbocycles. The number of nitrogens with one attached hydrogen (secondary N) is 1. The lowest BCUT2D eigenvalue weighted by Crippen LogP contribution is -2.48. The summed E-state index contributed by atoms with van der Waals surface area (Å²) in [6.45, 7) is 2.77. The Morgan fingerprint density at radius 1 is 1.36 bits per heavy atom. The van der Waals surface area contributed by atoms with Gasteiger partial charge >= 0.3 is 0 Å². The van der Waals surface area contributed by atoms with Gasteiger partial charge in [-0.05, 0) is 37.2 Å². The summed E-state index contributed by atoms with van der Waals surface area (Å²) in [5, 5.41) is 3.57.